The van der Waals surface area contributed by atoms with Gasteiger partial charge in [0.1, 0.15) is 23.6 Å². The lowest BCUT2D eigenvalue weighted by molar-refractivity contribution is -0.293. The summed E-state index contributed by atoms with van der Waals surface area (Å²) < 4.78 is 33.2. The number of carbonyl (C=O) groups excluding carboxylic acids is 1. The molecule has 0 aliphatic carbocycles. The van der Waals surface area contributed by atoms with Crippen molar-refractivity contribution in [1.29, 1.82) is 0 Å². The van der Waals surface area contributed by atoms with Crippen molar-refractivity contribution in [2.75, 3.05) is 6.61 Å². The topological polar surface area (TPSA) is 63.2 Å². The largest absolute Gasteiger partial charge is 0.374 e. The Kier molecular flexibility index (Phi) is 9.65. The van der Waals surface area contributed by atoms with E-state index in [-0.39, 0.29) is 12.4 Å². The Morgan fingerprint density at radius 1 is 0.682 bits per heavy atom. The molecule has 6 heteroatoms. The maximum atomic E-state index is 13.5. The Labute approximate surface area is 259 Å². The van der Waals surface area contributed by atoms with Gasteiger partial charge in [-0.2, -0.15) is 0 Å². The molecule has 228 valence electrons. The summed E-state index contributed by atoms with van der Waals surface area (Å²) in [7, 11) is 0. The number of Topliss-reactive ketones (excluding diaryl/α,β-unsaturated/α-hetero) is 1. The fourth-order valence-electron chi connectivity index (χ4n) is 6.68. The van der Waals surface area contributed by atoms with Crippen molar-refractivity contribution >= 4 is 5.78 Å². The van der Waals surface area contributed by atoms with E-state index >= 15 is 0 Å². The molecule has 0 radical (unpaired) electrons. The lowest BCUT2D eigenvalue weighted by atomic mass is 9.71. The first kappa shape index (κ1) is 30.4. The molecule has 2 aliphatic rings. The molecule has 7 atom stereocenters. The normalized spacial score (nSPS) is 28.0. The van der Waals surface area contributed by atoms with Gasteiger partial charge in [-0.25, -0.2) is 0 Å². The van der Waals surface area contributed by atoms with E-state index in [1.807, 2.05) is 128 Å². The fraction of sp³-hybridized carbons (Fsp3) is 0.342. The van der Waals surface area contributed by atoms with Crippen molar-refractivity contribution in [2.24, 2.45) is 11.8 Å². The first-order valence-corrected chi connectivity index (χ1v) is 15.3. The molecule has 4 aromatic carbocycles. The van der Waals surface area contributed by atoms with Crippen LogP contribution in [0.5, 0.6) is 0 Å². The first-order valence-electron chi connectivity index (χ1n) is 15.3. The molecule has 0 aromatic heterocycles. The van der Waals surface area contributed by atoms with E-state index in [2.05, 4.69) is 0 Å². The molecule has 6 nitrogen and oxygen atoms in total. The zero-order valence-corrected chi connectivity index (χ0v) is 25.3. The molecule has 2 fully saturated rings. The van der Waals surface area contributed by atoms with Gasteiger partial charge in [-0.15, -0.1) is 0 Å². The third kappa shape index (κ3) is 6.70. The van der Waals surface area contributed by atoms with Crippen LogP contribution in [0.15, 0.2) is 121 Å². The number of hydrogen-bond acceptors (Lipinski definition) is 6. The van der Waals surface area contributed by atoms with Gasteiger partial charge in [0.2, 0.25) is 0 Å². The highest BCUT2D eigenvalue weighted by atomic mass is 16.7. The molecule has 2 saturated heterocycles. The van der Waals surface area contributed by atoms with Gasteiger partial charge in [0.25, 0.3) is 0 Å². The van der Waals surface area contributed by atoms with Crippen LogP contribution in [0.1, 0.15) is 36.1 Å². The molecule has 6 rings (SSSR count). The standard InChI is InChI=1S/C38H40O6/c1-27(39)34-33-36(42-25-30-19-11-5-12-20-30)35(41-24-29-17-9-4-10-18-29)32(26-40-23-28-15-7-3-8-16-28)43-37(33)44-38(34,2)31-21-13-6-14-22-31/h3-22,32-37H,23-26H2,1-2H3/t32-,33?,34+,35+,36-,37?,38-/m1/s1. The van der Waals surface area contributed by atoms with Crippen LogP contribution in [0.3, 0.4) is 0 Å². The molecule has 2 aliphatic heterocycles. The number of ketones is 1. The Hall–Kier alpha value is -3.65. The lowest BCUT2D eigenvalue weighted by Gasteiger charge is -2.44. The summed E-state index contributed by atoms with van der Waals surface area (Å²) in [5.41, 5.74) is 3.18. The molecule has 4 aromatic rings. The van der Waals surface area contributed by atoms with Crippen molar-refractivity contribution in [3.05, 3.63) is 144 Å². The van der Waals surface area contributed by atoms with Crippen molar-refractivity contribution in [2.45, 2.75) is 63.9 Å². The van der Waals surface area contributed by atoms with E-state index in [9.17, 15) is 4.79 Å². The van der Waals surface area contributed by atoms with Crippen LogP contribution in [0, 0.1) is 11.8 Å². The second-order valence-corrected chi connectivity index (χ2v) is 11.8. The zero-order chi connectivity index (χ0) is 30.4. The third-order valence-corrected chi connectivity index (χ3v) is 8.78. The number of fused-ring (bicyclic) bond motifs is 1. The molecular formula is C38H40O6. The maximum Gasteiger partial charge on any atom is 0.165 e. The average molecular weight is 593 g/mol. The Morgan fingerprint density at radius 3 is 1.68 bits per heavy atom. The number of benzene rings is 4. The number of carbonyl (C=O) groups is 1. The van der Waals surface area contributed by atoms with Gasteiger partial charge in [0, 0.05) is 0 Å². The van der Waals surface area contributed by atoms with Gasteiger partial charge in [-0.3, -0.25) is 4.79 Å². The highest BCUT2D eigenvalue weighted by molar-refractivity contribution is 5.81. The summed E-state index contributed by atoms with van der Waals surface area (Å²) in [5, 5.41) is 0. The molecule has 0 bridgehead atoms. The predicted octanol–water partition coefficient (Wildman–Crippen LogP) is 6.87. The summed E-state index contributed by atoms with van der Waals surface area (Å²) in [6.07, 6.45) is -2.19. The average Bonchev–Trinajstić information content (AvgIpc) is 3.37. The number of hydrogen-bond donors (Lipinski definition) is 0. The minimum absolute atomic E-state index is 0.0290. The Bertz CT molecular complexity index is 1460. The van der Waals surface area contributed by atoms with Crippen LogP contribution in [-0.2, 0) is 53.9 Å². The van der Waals surface area contributed by atoms with Crippen LogP contribution in [-0.4, -0.2) is 37.0 Å². The van der Waals surface area contributed by atoms with E-state index in [1.165, 1.54) is 0 Å². The number of ether oxygens (including phenoxy) is 5. The van der Waals surface area contributed by atoms with Crippen molar-refractivity contribution < 1.29 is 28.5 Å². The minimum atomic E-state index is -0.902. The SMILES string of the molecule is CC(=O)[C@H]1C2C(O[C@H](COCc3ccccc3)[C@H](OCc3ccccc3)[C@@H]2OCc2ccccc2)O[C@]1(C)c1ccccc1. The van der Waals surface area contributed by atoms with Gasteiger partial charge in [0.05, 0.1) is 44.4 Å². The summed E-state index contributed by atoms with van der Waals surface area (Å²) >= 11 is 0. The van der Waals surface area contributed by atoms with Crippen LogP contribution in [0.4, 0.5) is 0 Å². The zero-order valence-electron chi connectivity index (χ0n) is 25.3. The summed E-state index contributed by atoms with van der Waals surface area (Å²) in [4.78, 5) is 13.5. The van der Waals surface area contributed by atoms with E-state index in [0.717, 1.165) is 22.3 Å². The van der Waals surface area contributed by atoms with Gasteiger partial charge in [0.15, 0.2) is 6.29 Å². The monoisotopic (exact) mass is 592 g/mol. The molecule has 44 heavy (non-hydrogen) atoms. The van der Waals surface area contributed by atoms with Crippen LogP contribution < -0.4 is 0 Å². The second-order valence-electron chi connectivity index (χ2n) is 11.8. The minimum Gasteiger partial charge on any atom is -0.374 e. The van der Waals surface area contributed by atoms with Crippen LogP contribution in [0.25, 0.3) is 0 Å². The Morgan fingerprint density at radius 2 is 1.16 bits per heavy atom. The predicted molar refractivity (Wildman–Crippen MR) is 167 cm³/mol. The van der Waals surface area contributed by atoms with Crippen LogP contribution in [0.2, 0.25) is 0 Å². The molecule has 2 unspecified atom stereocenters. The number of rotatable bonds is 12. The molecule has 0 spiro atoms. The second kappa shape index (κ2) is 14.0. The van der Waals surface area contributed by atoms with E-state index in [0.29, 0.717) is 19.8 Å². The smallest absolute Gasteiger partial charge is 0.165 e. The maximum absolute atomic E-state index is 13.5. The van der Waals surface area contributed by atoms with Crippen molar-refractivity contribution in [1.82, 2.24) is 0 Å². The van der Waals surface area contributed by atoms with E-state index in [1.54, 1.807) is 6.92 Å². The first-order chi connectivity index (χ1) is 21.5. The van der Waals surface area contributed by atoms with Gasteiger partial charge in [-0.05, 0) is 36.1 Å². The summed E-state index contributed by atoms with van der Waals surface area (Å²) in [6.45, 7) is 5.08. The fourth-order valence-corrected chi connectivity index (χ4v) is 6.68. The molecular weight excluding hydrogens is 552 g/mol. The molecule has 0 amide bonds. The van der Waals surface area contributed by atoms with Gasteiger partial charge >= 0.3 is 0 Å². The molecule has 0 N–H and O–H groups in total. The highest BCUT2D eigenvalue weighted by Gasteiger charge is 2.63. The van der Waals surface area contributed by atoms with Crippen molar-refractivity contribution in [3.8, 4) is 0 Å². The molecule has 0 saturated carbocycles. The quantitative estimate of drug-likeness (QED) is 0.179. The molecule has 2 heterocycles. The van der Waals surface area contributed by atoms with Crippen LogP contribution >= 0.6 is 0 Å². The van der Waals surface area contributed by atoms with E-state index in [4.69, 9.17) is 23.7 Å². The van der Waals surface area contributed by atoms with Gasteiger partial charge < -0.3 is 23.7 Å². The van der Waals surface area contributed by atoms with Gasteiger partial charge in [-0.1, -0.05) is 121 Å². The third-order valence-electron chi connectivity index (χ3n) is 8.78. The Balaban J connectivity index is 1.34. The lowest BCUT2D eigenvalue weighted by Crippen LogP contribution is -2.58. The highest BCUT2D eigenvalue weighted by Crippen LogP contribution is 2.53. The summed E-state index contributed by atoms with van der Waals surface area (Å²) in [6, 6.07) is 40.1. The van der Waals surface area contributed by atoms with E-state index < -0.39 is 42.0 Å². The van der Waals surface area contributed by atoms with Crippen molar-refractivity contribution in [3.63, 3.8) is 0 Å². The summed E-state index contributed by atoms with van der Waals surface area (Å²) in [5.74, 6) is -0.876.